The smallest absolute Gasteiger partial charge is 0.0128 e. The van der Waals surface area contributed by atoms with E-state index in [0.717, 1.165) is 25.0 Å². The van der Waals surface area contributed by atoms with Crippen LogP contribution in [0.15, 0.2) is 0 Å². The van der Waals surface area contributed by atoms with Crippen molar-refractivity contribution in [3.05, 3.63) is 0 Å². The first-order valence-corrected chi connectivity index (χ1v) is 4.36. The highest BCUT2D eigenvalue weighted by Crippen LogP contribution is 2.42. The maximum atomic E-state index is 5.50. The quantitative estimate of drug-likeness (QED) is 0.602. The third-order valence-electron chi connectivity index (χ3n) is 2.79. The lowest BCUT2D eigenvalue weighted by atomic mass is 10.1. The van der Waals surface area contributed by atoms with Crippen LogP contribution in [0.25, 0.3) is 0 Å². The van der Waals surface area contributed by atoms with Crippen molar-refractivity contribution < 1.29 is 0 Å². The lowest BCUT2D eigenvalue weighted by Crippen LogP contribution is -2.35. The van der Waals surface area contributed by atoms with Gasteiger partial charge < -0.3 is 5.73 Å². The average Bonchev–Trinajstić information content (AvgIpc) is 2.67. The molecule has 2 unspecified atom stereocenters. The molecule has 2 nitrogen and oxygen atoms in total. The zero-order chi connectivity index (χ0) is 6.97. The fraction of sp³-hybridized carbons (Fsp3) is 1.00. The van der Waals surface area contributed by atoms with E-state index < -0.39 is 0 Å². The van der Waals surface area contributed by atoms with E-state index in [1.54, 1.807) is 0 Å². The largest absolute Gasteiger partial charge is 0.329 e. The predicted octanol–water partition coefficient (Wildman–Crippen LogP) is 0.429. The van der Waals surface area contributed by atoms with Crippen molar-refractivity contribution in [1.82, 2.24) is 4.90 Å². The Morgan fingerprint density at radius 2 is 2.40 bits per heavy atom. The highest BCUT2D eigenvalue weighted by atomic mass is 15.2. The number of fused-ring (bicyclic) bond motifs is 1. The third kappa shape index (κ3) is 1.06. The summed E-state index contributed by atoms with van der Waals surface area (Å²) in [5, 5.41) is 0. The topological polar surface area (TPSA) is 29.3 Å². The standard InChI is InChI=1S/C8H16N2/c9-3-5-10-4-1-2-7-6-8(7)10/h7-8H,1-6,9H2. The molecule has 2 rings (SSSR count). The Morgan fingerprint density at radius 1 is 1.50 bits per heavy atom. The van der Waals surface area contributed by atoms with Crippen molar-refractivity contribution in [2.24, 2.45) is 11.7 Å². The summed E-state index contributed by atoms with van der Waals surface area (Å²) in [6, 6.07) is 0.942. The van der Waals surface area contributed by atoms with Crippen LogP contribution in [0.5, 0.6) is 0 Å². The van der Waals surface area contributed by atoms with E-state index in [1.165, 1.54) is 25.8 Å². The second kappa shape index (κ2) is 2.51. The lowest BCUT2D eigenvalue weighted by molar-refractivity contribution is 0.221. The molecule has 10 heavy (non-hydrogen) atoms. The van der Waals surface area contributed by atoms with Gasteiger partial charge in [0.2, 0.25) is 0 Å². The van der Waals surface area contributed by atoms with E-state index in [-0.39, 0.29) is 0 Å². The third-order valence-corrected chi connectivity index (χ3v) is 2.79. The van der Waals surface area contributed by atoms with Crippen LogP contribution in [0.1, 0.15) is 19.3 Å². The lowest BCUT2D eigenvalue weighted by Gasteiger charge is -2.25. The van der Waals surface area contributed by atoms with Crippen LogP contribution in [-0.4, -0.2) is 30.6 Å². The van der Waals surface area contributed by atoms with Gasteiger partial charge in [0.25, 0.3) is 0 Å². The zero-order valence-electron chi connectivity index (χ0n) is 6.42. The Balaban J connectivity index is 1.84. The predicted molar refractivity (Wildman–Crippen MR) is 41.8 cm³/mol. The van der Waals surface area contributed by atoms with Gasteiger partial charge in [-0.3, -0.25) is 4.90 Å². The number of hydrogen-bond donors (Lipinski definition) is 1. The number of nitrogens with two attached hydrogens (primary N) is 1. The number of likely N-dealkylation sites (tertiary alicyclic amines) is 1. The molecular formula is C8H16N2. The van der Waals surface area contributed by atoms with Gasteiger partial charge >= 0.3 is 0 Å². The van der Waals surface area contributed by atoms with Gasteiger partial charge in [0.1, 0.15) is 0 Å². The maximum Gasteiger partial charge on any atom is 0.0128 e. The molecule has 0 aromatic rings. The number of hydrogen-bond acceptors (Lipinski definition) is 2. The maximum absolute atomic E-state index is 5.50. The Kier molecular flexibility index (Phi) is 1.66. The van der Waals surface area contributed by atoms with Crippen LogP contribution in [0, 0.1) is 5.92 Å². The summed E-state index contributed by atoms with van der Waals surface area (Å²) < 4.78 is 0. The van der Waals surface area contributed by atoms with Gasteiger partial charge in [-0.15, -0.1) is 0 Å². The van der Waals surface area contributed by atoms with Gasteiger partial charge in [-0.05, 0) is 31.7 Å². The molecule has 0 amide bonds. The molecule has 1 heterocycles. The van der Waals surface area contributed by atoms with Crippen LogP contribution in [0.2, 0.25) is 0 Å². The van der Waals surface area contributed by atoms with E-state index in [1.807, 2.05) is 0 Å². The van der Waals surface area contributed by atoms with Crippen molar-refractivity contribution in [3.8, 4) is 0 Å². The molecule has 0 aromatic carbocycles. The molecule has 2 aliphatic rings. The van der Waals surface area contributed by atoms with Gasteiger partial charge in [0, 0.05) is 19.1 Å². The summed E-state index contributed by atoms with van der Waals surface area (Å²) in [7, 11) is 0. The SMILES string of the molecule is NCCN1CCCC2CC21. The van der Waals surface area contributed by atoms with Gasteiger partial charge in [0.15, 0.2) is 0 Å². The Labute approximate surface area is 62.4 Å². The molecule has 1 aliphatic carbocycles. The molecule has 1 aliphatic heterocycles. The second-order valence-electron chi connectivity index (χ2n) is 3.53. The van der Waals surface area contributed by atoms with Crippen molar-refractivity contribution in [3.63, 3.8) is 0 Å². The van der Waals surface area contributed by atoms with Gasteiger partial charge in [-0.2, -0.15) is 0 Å². The van der Waals surface area contributed by atoms with Gasteiger partial charge in [0.05, 0.1) is 0 Å². The van der Waals surface area contributed by atoms with Gasteiger partial charge in [-0.1, -0.05) is 0 Å². The Bertz CT molecular complexity index is 122. The van der Waals surface area contributed by atoms with E-state index >= 15 is 0 Å². The van der Waals surface area contributed by atoms with Crippen LogP contribution in [0.3, 0.4) is 0 Å². The Hall–Kier alpha value is -0.0800. The number of piperidine rings is 1. The van der Waals surface area contributed by atoms with Crippen LogP contribution in [0.4, 0.5) is 0 Å². The summed E-state index contributed by atoms with van der Waals surface area (Å²) in [5.74, 6) is 1.06. The fourth-order valence-electron chi connectivity index (χ4n) is 2.15. The minimum Gasteiger partial charge on any atom is -0.329 e. The average molecular weight is 140 g/mol. The van der Waals surface area contributed by atoms with Crippen molar-refractivity contribution in [1.29, 1.82) is 0 Å². The Morgan fingerprint density at radius 3 is 3.20 bits per heavy atom. The molecule has 0 bridgehead atoms. The molecule has 2 fully saturated rings. The number of rotatable bonds is 2. The molecule has 2 atom stereocenters. The zero-order valence-corrected chi connectivity index (χ0v) is 6.42. The van der Waals surface area contributed by atoms with Crippen LogP contribution in [-0.2, 0) is 0 Å². The van der Waals surface area contributed by atoms with E-state index in [0.29, 0.717) is 0 Å². The van der Waals surface area contributed by atoms with E-state index in [4.69, 9.17) is 5.73 Å². The molecule has 0 aromatic heterocycles. The molecule has 0 spiro atoms. The van der Waals surface area contributed by atoms with E-state index in [9.17, 15) is 0 Å². The van der Waals surface area contributed by atoms with Crippen molar-refractivity contribution in [2.45, 2.75) is 25.3 Å². The summed E-state index contributed by atoms with van der Waals surface area (Å²) in [6.45, 7) is 3.27. The highest BCUT2D eigenvalue weighted by molar-refractivity contribution is 4.97. The normalized spacial score (nSPS) is 39.3. The summed E-state index contributed by atoms with van der Waals surface area (Å²) in [6.07, 6.45) is 4.34. The minimum atomic E-state index is 0.837. The first-order valence-electron chi connectivity index (χ1n) is 4.36. The van der Waals surface area contributed by atoms with Crippen molar-refractivity contribution in [2.75, 3.05) is 19.6 Å². The van der Waals surface area contributed by atoms with Crippen molar-refractivity contribution >= 4 is 0 Å². The molecular weight excluding hydrogens is 124 g/mol. The summed E-state index contributed by atoms with van der Waals surface area (Å²) in [5.41, 5.74) is 5.50. The van der Waals surface area contributed by atoms with E-state index in [2.05, 4.69) is 4.90 Å². The fourth-order valence-corrected chi connectivity index (χ4v) is 2.15. The minimum absolute atomic E-state index is 0.837. The molecule has 2 heteroatoms. The van der Waals surface area contributed by atoms with Crippen LogP contribution < -0.4 is 5.73 Å². The second-order valence-corrected chi connectivity index (χ2v) is 3.53. The number of nitrogens with zero attached hydrogens (tertiary/aromatic N) is 1. The molecule has 2 N–H and O–H groups in total. The molecule has 1 saturated heterocycles. The monoisotopic (exact) mass is 140 g/mol. The molecule has 1 saturated carbocycles. The highest BCUT2D eigenvalue weighted by Gasteiger charge is 2.43. The van der Waals surface area contributed by atoms with Crippen LogP contribution >= 0.6 is 0 Å². The van der Waals surface area contributed by atoms with Gasteiger partial charge in [-0.25, -0.2) is 0 Å². The molecule has 0 radical (unpaired) electrons. The molecule has 58 valence electrons. The summed E-state index contributed by atoms with van der Waals surface area (Å²) >= 11 is 0. The first-order chi connectivity index (χ1) is 4.92. The first kappa shape index (κ1) is 6.62. The summed E-state index contributed by atoms with van der Waals surface area (Å²) in [4.78, 5) is 2.56.